The average molecular weight is 589 g/mol. The van der Waals surface area contributed by atoms with Gasteiger partial charge in [-0.15, -0.1) is 0 Å². The first-order valence-electron chi connectivity index (χ1n) is 15.8. The second kappa shape index (κ2) is 9.09. The van der Waals surface area contributed by atoms with Gasteiger partial charge >= 0.3 is 0 Å². The molecule has 0 radical (unpaired) electrons. The Morgan fingerprint density at radius 2 is 1.04 bits per heavy atom. The Balaban J connectivity index is 1.25. The van der Waals surface area contributed by atoms with Crippen LogP contribution in [-0.4, -0.2) is 19.5 Å². The number of rotatable bonds is 2. The Kier molecular flexibility index (Phi) is 5.03. The number of aromatic nitrogens is 4. The average Bonchev–Trinajstić information content (AvgIpc) is 3.55. The first kappa shape index (κ1) is 25.5. The van der Waals surface area contributed by atoms with E-state index in [1.807, 2.05) is 42.9 Å². The topological polar surface area (TPSA) is 43.6 Å². The molecular formula is C42H28N4. The predicted octanol–water partition coefficient (Wildman–Crippen LogP) is 10.4. The van der Waals surface area contributed by atoms with Gasteiger partial charge in [-0.2, -0.15) is 0 Å². The fourth-order valence-corrected chi connectivity index (χ4v) is 7.89. The van der Waals surface area contributed by atoms with Crippen molar-refractivity contribution >= 4 is 54.3 Å². The van der Waals surface area contributed by atoms with Gasteiger partial charge in [-0.1, -0.05) is 92.7 Å². The van der Waals surface area contributed by atoms with Gasteiger partial charge in [-0.25, -0.2) is 9.97 Å². The number of hydrogen-bond acceptors (Lipinski definition) is 3. The predicted molar refractivity (Wildman–Crippen MR) is 190 cm³/mol. The zero-order valence-corrected chi connectivity index (χ0v) is 25.5. The van der Waals surface area contributed by atoms with Gasteiger partial charge in [0.25, 0.3) is 0 Å². The third-order valence-electron chi connectivity index (χ3n) is 10.1. The number of benzene rings is 6. The van der Waals surface area contributed by atoms with Gasteiger partial charge in [0.1, 0.15) is 0 Å². The zero-order valence-electron chi connectivity index (χ0n) is 25.5. The largest absolute Gasteiger partial charge is 0.276 e. The summed E-state index contributed by atoms with van der Waals surface area (Å²) in [6.07, 6.45) is 5.71. The second-order valence-electron chi connectivity index (χ2n) is 12.9. The van der Waals surface area contributed by atoms with Crippen molar-refractivity contribution in [3.8, 4) is 28.2 Å². The Bertz CT molecular complexity index is 2700. The van der Waals surface area contributed by atoms with E-state index in [-0.39, 0.29) is 5.41 Å². The van der Waals surface area contributed by atoms with Crippen LogP contribution in [0.2, 0.25) is 0 Å². The maximum absolute atomic E-state index is 4.89. The van der Waals surface area contributed by atoms with Crippen LogP contribution in [0, 0.1) is 0 Å². The molecule has 0 saturated carbocycles. The summed E-state index contributed by atoms with van der Waals surface area (Å²) >= 11 is 0. The van der Waals surface area contributed by atoms with Crippen molar-refractivity contribution in [3.63, 3.8) is 0 Å². The van der Waals surface area contributed by atoms with Gasteiger partial charge in [-0.05, 0) is 96.5 Å². The Hall–Kier alpha value is -5.87. The Morgan fingerprint density at radius 1 is 0.478 bits per heavy atom. The molecule has 0 spiro atoms. The Labute approximate surface area is 265 Å². The van der Waals surface area contributed by atoms with E-state index in [9.17, 15) is 0 Å². The Morgan fingerprint density at radius 3 is 1.72 bits per heavy atom. The van der Waals surface area contributed by atoms with Crippen LogP contribution in [0.25, 0.3) is 82.5 Å². The van der Waals surface area contributed by atoms with Gasteiger partial charge in [0.05, 0.1) is 16.6 Å². The number of hydrogen-bond donors (Lipinski definition) is 0. The van der Waals surface area contributed by atoms with Gasteiger partial charge < -0.3 is 0 Å². The molecule has 0 fully saturated rings. The smallest absolute Gasteiger partial charge is 0.234 e. The van der Waals surface area contributed by atoms with Crippen LogP contribution in [0.3, 0.4) is 0 Å². The molecule has 1 aliphatic carbocycles. The highest BCUT2D eigenvalue weighted by Crippen LogP contribution is 2.53. The maximum atomic E-state index is 4.89. The van der Waals surface area contributed by atoms with E-state index in [4.69, 9.17) is 15.0 Å². The third kappa shape index (κ3) is 3.36. The first-order valence-corrected chi connectivity index (χ1v) is 15.8. The molecule has 6 aromatic carbocycles. The summed E-state index contributed by atoms with van der Waals surface area (Å²) in [7, 11) is 0. The van der Waals surface area contributed by atoms with Crippen LogP contribution in [0.15, 0.2) is 134 Å². The molecule has 4 nitrogen and oxygen atoms in total. The quantitative estimate of drug-likeness (QED) is 0.189. The van der Waals surface area contributed by atoms with Crippen LogP contribution >= 0.6 is 0 Å². The molecule has 3 heterocycles. The van der Waals surface area contributed by atoms with Crippen molar-refractivity contribution in [3.05, 3.63) is 145 Å². The highest BCUT2D eigenvalue weighted by molar-refractivity contribution is 6.26. The van der Waals surface area contributed by atoms with Crippen LogP contribution < -0.4 is 0 Å². The van der Waals surface area contributed by atoms with Crippen LogP contribution in [0.1, 0.15) is 25.0 Å². The lowest BCUT2D eigenvalue weighted by Crippen LogP contribution is -2.15. The lowest BCUT2D eigenvalue weighted by atomic mass is 9.81. The highest BCUT2D eigenvalue weighted by atomic mass is 15.2. The molecule has 0 bridgehead atoms. The highest BCUT2D eigenvalue weighted by Gasteiger charge is 2.37. The molecule has 1 aliphatic rings. The molecule has 0 atom stereocenters. The molecular weight excluding hydrogens is 560 g/mol. The summed E-state index contributed by atoms with van der Waals surface area (Å²) in [6.45, 7) is 4.71. The zero-order chi connectivity index (χ0) is 30.6. The van der Waals surface area contributed by atoms with Crippen molar-refractivity contribution in [1.29, 1.82) is 0 Å². The molecule has 9 aromatic rings. The molecule has 46 heavy (non-hydrogen) atoms. The van der Waals surface area contributed by atoms with Crippen molar-refractivity contribution in [2.75, 3.05) is 0 Å². The monoisotopic (exact) mass is 588 g/mol. The van der Waals surface area contributed by atoms with Crippen LogP contribution in [0.5, 0.6) is 0 Å². The fraction of sp³-hybridized carbons (Fsp3) is 0.0714. The summed E-state index contributed by atoms with van der Waals surface area (Å²) in [5.74, 6) is 0.643. The van der Waals surface area contributed by atoms with Gasteiger partial charge in [-0.3, -0.25) is 9.55 Å². The minimum Gasteiger partial charge on any atom is -0.276 e. The van der Waals surface area contributed by atoms with E-state index >= 15 is 0 Å². The van der Waals surface area contributed by atoms with Crippen molar-refractivity contribution < 1.29 is 0 Å². The third-order valence-corrected chi connectivity index (χ3v) is 10.1. The SMILES string of the molecule is CC1(C)c2cc3c4ccccc4c4ccccc4c3cc2-c2cc3c4ncccc4n(-c4ncc(-c5ccccc5)cn4)c3cc21. The van der Waals surface area contributed by atoms with Gasteiger partial charge in [0, 0.05) is 35.0 Å². The van der Waals surface area contributed by atoms with E-state index in [2.05, 4.69) is 109 Å². The van der Waals surface area contributed by atoms with Crippen molar-refractivity contribution in [2.24, 2.45) is 0 Å². The number of fused-ring (bicyclic) bond motifs is 12. The van der Waals surface area contributed by atoms with E-state index in [0.29, 0.717) is 5.95 Å². The standard InChI is InChI=1S/C42H28N4/c1-42(2)36-21-32-30-16-9-7-14-28(30)27-13-6-8-15-29(27)31(32)19-33(36)34-20-35-39(22-37(34)42)46(38-17-10-18-43-40(35)38)41-44-23-26(24-45-41)25-11-4-3-5-12-25/h3-24H,1-2H3. The summed E-state index contributed by atoms with van der Waals surface area (Å²) in [5, 5.41) is 8.90. The normalized spacial score (nSPS) is 13.6. The van der Waals surface area contributed by atoms with Crippen LogP contribution in [0.4, 0.5) is 0 Å². The first-order chi connectivity index (χ1) is 22.6. The fourth-order valence-electron chi connectivity index (χ4n) is 7.89. The summed E-state index contributed by atoms with van der Waals surface area (Å²) < 4.78 is 2.17. The minimum atomic E-state index is -0.202. The number of nitrogens with zero attached hydrogens (tertiary/aromatic N) is 4. The van der Waals surface area contributed by atoms with E-state index < -0.39 is 0 Å². The summed E-state index contributed by atoms with van der Waals surface area (Å²) in [6, 6.07) is 41.6. The van der Waals surface area contributed by atoms with Crippen molar-refractivity contribution in [1.82, 2.24) is 19.5 Å². The molecule has 3 aromatic heterocycles. The molecule has 10 rings (SSSR count). The van der Waals surface area contributed by atoms with Gasteiger partial charge in [0.2, 0.25) is 5.95 Å². The summed E-state index contributed by atoms with van der Waals surface area (Å²) in [5.41, 5.74) is 10.2. The lowest BCUT2D eigenvalue weighted by Gasteiger charge is -2.22. The van der Waals surface area contributed by atoms with Gasteiger partial charge in [0.15, 0.2) is 0 Å². The number of pyridine rings is 1. The lowest BCUT2D eigenvalue weighted by molar-refractivity contribution is 0.662. The molecule has 0 aliphatic heterocycles. The van der Waals surface area contributed by atoms with E-state index in [1.165, 1.54) is 54.6 Å². The second-order valence-corrected chi connectivity index (χ2v) is 12.9. The van der Waals surface area contributed by atoms with E-state index in [0.717, 1.165) is 33.1 Å². The molecule has 0 saturated heterocycles. The summed E-state index contributed by atoms with van der Waals surface area (Å²) in [4.78, 5) is 14.7. The molecule has 216 valence electrons. The molecule has 0 unspecified atom stereocenters. The van der Waals surface area contributed by atoms with Crippen LogP contribution in [-0.2, 0) is 5.41 Å². The maximum Gasteiger partial charge on any atom is 0.234 e. The van der Waals surface area contributed by atoms with E-state index in [1.54, 1.807) is 0 Å². The minimum absolute atomic E-state index is 0.202. The van der Waals surface area contributed by atoms with Crippen molar-refractivity contribution in [2.45, 2.75) is 19.3 Å². The molecule has 4 heteroatoms. The molecule has 0 N–H and O–H groups in total. The molecule has 0 amide bonds.